The molecule has 27 heavy (non-hydrogen) atoms. The molecule has 0 radical (unpaired) electrons. The van der Waals surface area contributed by atoms with Crippen LogP contribution in [0.2, 0.25) is 0 Å². The van der Waals surface area contributed by atoms with Gasteiger partial charge in [0.1, 0.15) is 28.5 Å². The van der Waals surface area contributed by atoms with E-state index in [4.69, 9.17) is 18.9 Å². The summed E-state index contributed by atoms with van der Waals surface area (Å²) in [6.45, 7) is 9.87. The van der Waals surface area contributed by atoms with Crippen LogP contribution in [0.25, 0.3) is 12.2 Å². The second-order valence-corrected chi connectivity index (χ2v) is 8.02. The number of hydrogen-bond donors (Lipinski definition) is 0. The maximum atomic E-state index is 11.0. The molecule has 0 bridgehead atoms. The standard InChI is InChI=1S/C22H28O5/c1-14(23)25-13-7-8-15-18(24-6)16-9-11-21(2,3)27-20(16)17-10-12-22(4,5)26-19(15)17/h9-12H,7-8,13H2,1-6H3. The van der Waals surface area contributed by atoms with E-state index in [0.717, 1.165) is 33.9 Å². The van der Waals surface area contributed by atoms with Crippen molar-refractivity contribution in [2.45, 2.75) is 58.7 Å². The number of methoxy groups -OCH3 is 1. The molecule has 0 aliphatic carbocycles. The van der Waals surface area contributed by atoms with Crippen LogP contribution in [0.4, 0.5) is 0 Å². The highest BCUT2D eigenvalue weighted by Gasteiger charge is 2.34. The van der Waals surface area contributed by atoms with Crippen LogP contribution >= 0.6 is 0 Å². The van der Waals surface area contributed by atoms with E-state index in [0.29, 0.717) is 19.4 Å². The minimum atomic E-state index is -0.420. The first-order chi connectivity index (χ1) is 12.6. The molecule has 2 heterocycles. The molecule has 0 atom stereocenters. The van der Waals surface area contributed by atoms with Crippen molar-refractivity contribution in [1.82, 2.24) is 0 Å². The smallest absolute Gasteiger partial charge is 0.302 e. The zero-order valence-corrected chi connectivity index (χ0v) is 17.0. The molecule has 5 heteroatoms. The van der Waals surface area contributed by atoms with Crippen LogP contribution in [0.3, 0.4) is 0 Å². The Morgan fingerprint density at radius 2 is 1.59 bits per heavy atom. The molecule has 2 aliphatic rings. The first kappa shape index (κ1) is 19.3. The molecule has 1 aromatic rings. The van der Waals surface area contributed by atoms with E-state index in [2.05, 4.69) is 12.2 Å². The maximum Gasteiger partial charge on any atom is 0.302 e. The Morgan fingerprint density at radius 1 is 1.00 bits per heavy atom. The normalized spacial score (nSPS) is 18.0. The van der Waals surface area contributed by atoms with Crippen molar-refractivity contribution in [2.24, 2.45) is 0 Å². The lowest BCUT2D eigenvalue weighted by atomic mass is 9.90. The van der Waals surface area contributed by atoms with Crippen molar-refractivity contribution in [1.29, 1.82) is 0 Å². The molecule has 0 N–H and O–H groups in total. The van der Waals surface area contributed by atoms with Gasteiger partial charge in [-0.3, -0.25) is 4.79 Å². The Morgan fingerprint density at radius 3 is 2.19 bits per heavy atom. The second kappa shape index (κ2) is 6.95. The van der Waals surface area contributed by atoms with Crippen molar-refractivity contribution in [3.05, 3.63) is 28.8 Å². The van der Waals surface area contributed by atoms with Crippen molar-refractivity contribution < 1.29 is 23.7 Å². The lowest BCUT2D eigenvalue weighted by Crippen LogP contribution is -2.31. The van der Waals surface area contributed by atoms with E-state index in [1.165, 1.54) is 6.92 Å². The lowest BCUT2D eigenvalue weighted by molar-refractivity contribution is -0.141. The zero-order chi connectivity index (χ0) is 19.8. The van der Waals surface area contributed by atoms with E-state index < -0.39 is 11.2 Å². The summed E-state index contributed by atoms with van der Waals surface area (Å²) >= 11 is 0. The summed E-state index contributed by atoms with van der Waals surface area (Å²) in [5.74, 6) is 2.05. The number of esters is 1. The fraction of sp³-hybridized carbons (Fsp3) is 0.500. The fourth-order valence-corrected chi connectivity index (χ4v) is 3.40. The van der Waals surface area contributed by atoms with Crippen molar-refractivity contribution in [3.8, 4) is 17.2 Å². The average molecular weight is 372 g/mol. The number of ether oxygens (including phenoxy) is 4. The number of benzene rings is 1. The summed E-state index contributed by atoms with van der Waals surface area (Å²) < 4.78 is 23.5. The molecule has 0 aromatic heterocycles. The Labute approximate surface area is 160 Å². The molecule has 3 rings (SSSR count). The van der Waals surface area contributed by atoms with Crippen LogP contribution in [0, 0.1) is 0 Å². The molecule has 0 saturated carbocycles. The predicted octanol–water partition coefficient (Wildman–Crippen LogP) is 4.56. The van der Waals surface area contributed by atoms with Gasteiger partial charge in [-0.25, -0.2) is 0 Å². The third-order valence-electron chi connectivity index (χ3n) is 4.64. The van der Waals surface area contributed by atoms with Crippen LogP contribution in [0.15, 0.2) is 12.2 Å². The van der Waals surface area contributed by atoms with E-state index >= 15 is 0 Å². The third kappa shape index (κ3) is 3.97. The topological polar surface area (TPSA) is 54.0 Å². The van der Waals surface area contributed by atoms with Crippen molar-refractivity contribution in [3.63, 3.8) is 0 Å². The predicted molar refractivity (Wildman–Crippen MR) is 105 cm³/mol. The van der Waals surface area contributed by atoms with Gasteiger partial charge in [-0.05, 0) is 64.8 Å². The highest BCUT2D eigenvalue weighted by Crippen LogP contribution is 2.50. The van der Waals surface area contributed by atoms with Crippen LogP contribution in [-0.2, 0) is 16.0 Å². The first-order valence-corrected chi connectivity index (χ1v) is 9.30. The number of hydrogen-bond acceptors (Lipinski definition) is 5. The Bertz CT molecular complexity index is 815. The molecule has 2 aliphatic heterocycles. The minimum absolute atomic E-state index is 0.270. The molecular weight excluding hydrogens is 344 g/mol. The summed E-state index contributed by atoms with van der Waals surface area (Å²) in [4.78, 5) is 11.0. The van der Waals surface area contributed by atoms with Gasteiger partial charge in [-0.15, -0.1) is 0 Å². The van der Waals surface area contributed by atoms with Crippen molar-refractivity contribution in [2.75, 3.05) is 13.7 Å². The highest BCUT2D eigenvalue weighted by atomic mass is 16.5. The van der Waals surface area contributed by atoms with Gasteiger partial charge in [0.15, 0.2) is 0 Å². The maximum absolute atomic E-state index is 11.0. The van der Waals surface area contributed by atoms with E-state index in [-0.39, 0.29) is 5.97 Å². The van der Waals surface area contributed by atoms with Gasteiger partial charge in [-0.2, -0.15) is 0 Å². The van der Waals surface area contributed by atoms with Crippen LogP contribution in [-0.4, -0.2) is 30.9 Å². The van der Waals surface area contributed by atoms with Gasteiger partial charge < -0.3 is 18.9 Å². The first-order valence-electron chi connectivity index (χ1n) is 9.30. The van der Waals surface area contributed by atoms with Gasteiger partial charge in [0.2, 0.25) is 0 Å². The van der Waals surface area contributed by atoms with E-state index in [9.17, 15) is 4.79 Å². The molecule has 0 fully saturated rings. The third-order valence-corrected chi connectivity index (χ3v) is 4.64. The molecule has 1 aromatic carbocycles. The lowest BCUT2D eigenvalue weighted by Gasteiger charge is -2.36. The molecule has 0 spiro atoms. The van der Waals surface area contributed by atoms with E-state index in [1.54, 1.807) is 7.11 Å². The number of rotatable bonds is 5. The number of fused-ring (bicyclic) bond motifs is 3. The summed E-state index contributed by atoms with van der Waals surface area (Å²) in [5, 5.41) is 0. The van der Waals surface area contributed by atoms with Gasteiger partial charge in [0.25, 0.3) is 0 Å². The van der Waals surface area contributed by atoms with E-state index in [1.807, 2.05) is 39.8 Å². The van der Waals surface area contributed by atoms with Gasteiger partial charge >= 0.3 is 5.97 Å². The summed E-state index contributed by atoms with van der Waals surface area (Å²) in [7, 11) is 1.66. The molecule has 0 saturated heterocycles. The summed E-state index contributed by atoms with van der Waals surface area (Å²) in [6.07, 6.45) is 9.56. The molecule has 5 nitrogen and oxygen atoms in total. The van der Waals surface area contributed by atoms with Crippen LogP contribution in [0.5, 0.6) is 17.2 Å². The summed E-state index contributed by atoms with van der Waals surface area (Å²) in [5.41, 5.74) is 2.01. The zero-order valence-electron chi connectivity index (χ0n) is 17.0. The molecular formula is C22H28O5. The Hall–Kier alpha value is -2.43. The highest BCUT2D eigenvalue weighted by molar-refractivity contribution is 5.81. The van der Waals surface area contributed by atoms with Gasteiger partial charge in [0, 0.05) is 12.5 Å². The van der Waals surface area contributed by atoms with Gasteiger partial charge in [-0.1, -0.05) is 0 Å². The Balaban J connectivity index is 2.09. The molecule has 0 unspecified atom stereocenters. The fourth-order valence-electron chi connectivity index (χ4n) is 3.40. The van der Waals surface area contributed by atoms with Crippen LogP contribution in [0.1, 0.15) is 57.7 Å². The average Bonchev–Trinajstić information content (AvgIpc) is 2.56. The van der Waals surface area contributed by atoms with Gasteiger partial charge in [0.05, 0.1) is 24.8 Å². The minimum Gasteiger partial charge on any atom is -0.496 e. The van der Waals surface area contributed by atoms with Crippen LogP contribution < -0.4 is 14.2 Å². The SMILES string of the molecule is COc1c2c(c3c(c1CCCOC(C)=O)OC(C)(C)C=C3)OC(C)(C)C=C2. The molecule has 0 amide bonds. The quantitative estimate of drug-likeness (QED) is 0.560. The Kier molecular flexibility index (Phi) is 4.98. The molecule has 146 valence electrons. The monoisotopic (exact) mass is 372 g/mol. The van der Waals surface area contributed by atoms with Crippen molar-refractivity contribution >= 4 is 18.1 Å². The number of carbonyl (C=O) groups excluding carboxylic acids is 1. The number of carbonyl (C=O) groups is 1. The largest absolute Gasteiger partial charge is 0.496 e. The summed E-state index contributed by atoms with van der Waals surface area (Å²) in [6, 6.07) is 0. The second-order valence-electron chi connectivity index (χ2n) is 8.02.